The average Bonchev–Trinajstić information content (AvgIpc) is 2.49. The number of benzene rings is 1. The van der Waals surface area contributed by atoms with E-state index in [4.69, 9.17) is 19.9 Å². The SMILES string of the molecule is CCCCCOC(=O)NCCOc1ccc(N)cc1OC. The number of nitrogen functional groups attached to an aromatic ring is 1. The van der Waals surface area contributed by atoms with Crippen molar-refractivity contribution in [1.82, 2.24) is 5.32 Å². The Morgan fingerprint density at radius 3 is 2.76 bits per heavy atom. The van der Waals surface area contributed by atoms with Crippen LogP contribution in [0, 0.1) is 0 Å². The number of alkyl carbamates (subject to hydrolysis) is 1. The quantitative estimate of drug-likeness (QED) is 0.540. The molecule has 0 saturated heterocycles. The molecule has 6 nitrogen and oxygen atoms in total. The third kappa shape index (κ3) is 6.74. The van der Waals surface area contributed by atoms with Crippen LogP contribution >= 0.6 is 0 Å². The largest absolute Gasteiger partial charge is 0.493 e. The second kappa shape index (κ2) is 9.74. The Labute approximate surface area is 125 Å². The van der Waals surface area contributed by atoms with Gasteiger partial charge in [0.25, 0.3) is 0 Å². The Morgan fingerprint density at radius 2 is 2.05 bits per heavy atom. The molecule has 118 valence electrons. The molecule has 0 fully saturated rings. The molecule has 0 unspecified atom stereocenters. The van der Waals surface area contributed by atoms with E-state index in [0.717, 1.165) is 19.3 Å². The summed E-state index contributed by atoms with van der Waals surface area (Å²) in [5, 5.41) is 2.63. The normalized spacial score (nSPS) is 10.0. The van der Waals surface area contributed by atoms with Gasteiger partial charge in [0.1, 0.15) is 6.61 Å². The first-order valence-corrected chi connectivity index (χ1v) is 7.14. The summed E-state index contributed by atoms with van der Waals surface area (Å²) in [6, 6.07) is 5.15. The van der Waals surface area contributed by atoms with Gasteiger partial charge in [0, 0.05) is 11.8 Å². The van der Waals surface area contributed by atoms with Crippen LogP contribution < -0.4 is 20.5 Å². The zero-order valence-electron chi connectivity index (χ0n) is 12.7. The molecule has 1 aromatic rings. The summed E-state index contributed by atoms with van der Waals surface area (Å²) >= 11 is 0. The first-order chi connectivity index (χ1) is 10.2. The average molecular weight is 296 g/mol. The first kappa shape index (κ1) is 16.9. The molecule has 0 heterocycles. The van der Waals surface area contributed by atoms with Gasteiger partial charge in [-0.15, -0.1) is 0 Å². The van der Waals surface area contributed by atoms with Crippen LogP contribution in [-0.4, -0.2) is 33.0 Å². The van der Waals surface area contributed by atoms with Crippen LogP contribution in [0.2, 0.25) is 0 Å². The fourth-order valence-electron chi connectivity index (χ4n) is 1.69. The van der Waals surface area contributed by atoms with E-state index in [1.165, 1.54) is 0 Å². The number of rotatable bonds is 9. The summed E-state index contributed by atoms with van der Waals surface area (Å²) in [4.78, 5) is 11.4. The van der Waals surface area contributed by atoms with Gasteiger partial charge in [-0.3, -0.25) is 0 Å². The van der Waals surface area contributed by atoms with Gasteiger partial charge >= 0.3 is 6.09 Å². The molecule has 0 aliphatic heterocycles. The highest BCUT2D eigenvalue weighted by molar-refractivity contribution is 5.67. The maximum absolute atomic E-state index is 11.4. The molecule has 1 rings (SSSR count). The van der Waals surface area contributed by atoms with E-state index in [9.17, 15) is 4.79 Å². The summed E-state index contributed by atoms with van der Waals surface area (Å²) in [5.74, 6) is 1.15. The van der Waals surface area contributed by atoms with Crippen molar-refractivity contribution in [2.75, 3.05) is 32.6 Å². The minimum atomic E-state index is -0.418. The number of nitrogens with one attached hydrogen (secondary N) is 1. The third-order valence-electron chi connectivity index (χ3n) is 2.80. The molecule has 0 aliphatic rings. The summed E-state index contributed by atoms with van der Waals surface area (Å²) in [5.41, 5.74) is 6.26. The number of unbranched alkanes of at least 4 members (excludes halogenated alkanes) is 2. The summed E-state index contributed by atoms with van der Waals surface area (Å²) < 4.78 is 15.7. The second-order valence-electron chi connectivity index (χ2n) is 4.53. The lowest BCUT2D eigenvalue weighted by Crippen LogP contribution is -2.29. The molecule has 21 heavy (non-hydrogen) atoms. The Balaban J connectivity index is 2.20. The summed E-state index contributed by atoms with van der Waals surface area (Å²) in [6.07, 6.45) is 2.64. The molecule has 0 atom stereocenters. The Bertz CT molecular complexity index is 438. The number of anilines is 1. The molecule has 1 aromatic carbocycles. The molecular weight excluding hydrogens is 272 g/mol. The van der Waals surface area contributed by atoms with Crippen molar-refractivity contribution >= 4 is 11.8 Å². The molecule has 3 N–H and O–H groups in total. The van der Waals surface area contributed by atoms with Crippen molar-refractivity contribution in [2.45, 2.75) is 26.2 Å². The second-order valence-corrected chi connectivity index (χ2v) is 4.53. The molecule has 1 amide bonds. The monoisotopic (exact) mass is 296 g/mol. The van der Waals surface area contributed by atoms with Crippen molar-refractivity contribution in [3.63, 3.8) is 0 Å². The van der Waals surface area contributed by atoms with Crippen LogP contribution in [0.15, 0.2) is 18.2 Å². The van der Waals surface area contributed by atoms with Crippen LogP contribution in [0.25, 0.3) is 0 Å². The van der Waals surface area contributed by atoms with Gasteiger partial charge < -0.3 is 25.3 Å². The topological polar surface area (TPSA) is 82.8 Å². The molecule has 0 radical (unpaired) electrons. The molecule has 6 heteroatoms. The lowest BCUT2D eigenvalue weighted by molar-refractivity contribution is 0.142. The number of carbonyl (C=O) groups excluding carboxylic acids is 1. The Hall–Kier alpha value is -2.11. The minimum absolute atomic E-state index is 0.324. The number of ether oxygens (including phenoxy) is 3. The predicted molar refractivity (Wildman–Crippen MR) is 81.8 cm³/mol. The zero-order valence-corrected chi connectivity index (χ0v) is 12.7. The van der Waals surface area contributed by atoms with Gasteiger partial charge in [-0.05, 0) is 18.6 Å². The number of nitrogens with two attached hydrogens (primary N) is 1. The molecular formula is C15H24N2O4. The molecule has 0 aromatic heterocycles. The van der Waals surface area contributed by atoms with E-state index in [0.29, 0.717) is 36.9 Å². The lowest BCUT2D eigenvalue weighted by Gasteiger charge is -2.11. The molecule has 0 aliphatic carbocycles. The van der Waals surface area contributed by atoms with Crippen LogP contribution in [0.3, 0.4) is 0 Å². The van der Waals surface area contributed by atoms with E-state index >= 15 is 0 Å². The molecule has 0 bridgehead atoms. The van der Waals surface area contributed by atoms with E-state index < -0.39 is 6.09 Å². The van der Waals surface area contributed by atoms with Gasteiger partial charge in [0.05, 0.1) is 20.3 Å². The van der Waals surface area contributed by atoms with Crippen LogP contribution in [0.5, 0.6) is 11.5 Å². The predicted octanol–water partition coefficient (Wildman–Crippen LogP) is 2.57. The Kier molecular flexibility index (Phi) is 7.86. The van der Waals surface area contributed by atoms with Gasteiger partial charge in [-0.25, -0.2) is 4.79 Å². The smallest absolute Gasteiger partial charge is 0.407 e. The highest BCUT2D eigenvalue weighted by Crippen LogP contribution is 2.28. The fraction of sp³-hybridized carbons (Fsp3) is 0.533. The number of carbonyl (C=O) groups is 1. The van der Waals surface area contributed by atoms with Crippen molar-refractivity contribution in [2.24, 2.45) is 0 Å². The van der Waals surface area contributed by atoms with Crippen LogP contribution in [0.1, 0.15) is 26.2 Å². The third-order valence-corrected chi connectivity index (χ3v) is 2.80. The van der Waals surface area contributed by atoms with E-state index in [1.807, 2.05) is 0 Å². The van der Waals surface area contributed by atoms with Crippen molar-refractivity contribution in [3.8, 4) is 11.5 Å². The van der Waals surface area contributed by atoms with Gasteiger partial charge in [0.2, 0.25) is 0 Å². The molecule has 0 spiro atoms. The van der Waals surface area contributed by atoms with E-state index in [2.05, 4.69) is 12.2 Å². The van der Waals surface area contributed by atoms with Gasteiger partial charge in [-0.1, -0.05) is 19.8 Å². The zero-order chi connectivity index (χ0) is 15.5. The minimum Gasteiger partial charge on any atom is -0.493 e. The highest BCUT2D eigenvalue weighted by atomic mass is 16.5. The number of hydrogen-bond donors (Lipinski definition) is 2. The number of amides is 1. The molecule has 0 saturated carbocycles. The summed E-state index contributed by atoms with van der Waals surface area (Å²) in [7, 11) is 1.55. The lowest BCUT2D eigenvalue weighted by atomic mass is 10.3. The van der Waals surface area contributed by atoms with Gasteiger partial charge in [0.15, 0.2) is 11.5 Å². The van der Waals surface area contributed by atoms with Crippen LogP contribution in [0.4, 0.5) is 10.5 Å². The van der Waals surface area contributed by atoms with E-state index in [1.54, 1.807) is 25.3 Å². The van der Waals surface area contributed by atoms with Crippen LogP contribution in [-0.2, 0) is 4.74 Å². The fourth-order valence-corrected chi connectivity index (χ4v) is 1.69. The Morgan fingerprint density at radius 1 is 1.24 bits per heavy atom. The number of methoxy groups -OCH3 is 1. The standard InChI is InChI=1S/C15H24N2O4/c1-3-4-5-9-21-15(18)17-8-10-20-13-7-6-12(16)11-14(13)19-2/h6-7,11H,3-5,8-10,16H2,1-2H3,(H,17,18). The van der Waals surface area contributed by atoms with Crippen molar-refractivity contribution < 1.29 is 19.0 Å². The summed E-state index contributed by atoms with van der Waals surface area (Å²) in [6.45, 7) is 3.24. The van der Waals surface area contributed by atoms with Crippen molar-refractivity contribution in [3.05, 3.63) is 18.2 Å². The van der Waals surface area contributed by atoms with Gasteiger partial charge in [-0.2, -0.15) is 0 Å². The van der Waals surface area contributed by atoms with Crippen molar-refractivity contribution in [1.29, 1.82) is 0 Å². The number of hydrogen-bond acceptors (Lipinski definition) is 5. The highest BCUT2D eigenvalue weighted by Gasteiger charge is 2.05. The van der Waals surface area contributed by atoms with E-state index in [-0.39, 0.29) is 0 Å². The maximum atomic E-state index is 11.4. The maximum Gasteiger partial charge on any atom is 0.407 e. The first-order valence-electron chi connectivity index (χ1n) is 7.14.